The van der Waals surface area contributed by atoms with Gasteiger partial charge < -0.3 is 29.8 Å². The fourth-order valence-electron chi connectivity index (χ4n) is 2.70. The predicted molar refractivity (Wildman–Crippen MR) is 106 cm³/mol. The predicted octanol–water partition coefficient (Wildman–Crippen LogP) is 2.33. The summed E-state index contributed by atoms with van der Waals surface area (Å²) in [6, 6.07) is 3.39. The van der Waals surface area contributed by atoms with E-state index in [2.05, 4.69) is 20.6 Å². The second kappa shape index (κ2) is 8.17. The lowest BCUT2D eigenvalue weighted by Crippen LogP contribution is -2.33. The Morgan fingerprint density at radius 1 is 1.14 bits per heavy atom. The Bertz CT molecular complexity index is 1030. The van der Waals surface area contributed by atoms with Crippen molar-refractivity contribution in [3.8, 4) is 17.2 Å². The summed E-state index contributed by atoms with van der Waals surface area (Å²) in [5.41, 5.74) is 0.870. The van der Waals surface area contributed by atoms with Crippen LogP contribution in [0.1, 0.15) is 15.4 Å². The molecule has 0 aliphatic carbocycles. The van der Waals surface area contributed by atoms with E-state index >= 15 is 0 Å². The molecule has 1 aromatic carbocycles. The topological polar surface area (TPSA) is 115 Å². The van der Waals surface area contributed by atoms with Crippen molar-refractivity contribution in [3.05, 3.63) is 28.9 Å². The van der Waals surface area contributed by atoms with Gasteiger partial charge in [0.1, 0.15) is 5.69 Å². The van der Waals surface area contributed by atoms with Crippen LogP contribution in [0.25, 0.3) is 10.9 Å². The number of thiazole rings is 1. The fourth-order valence-corrected chi connectivity index (χ4v) is 3.38. The number of aryl methyl sites for hydroxylation is 1. The normalized spacial score (nSPS) is 10.6. The van der Waals surface area contributed by atoms with E-state index < -0.39 is 5.91 Å². The van der Waals surface area contributed by atoms with Gasteiger partial charge in [-0.1, -0.05) is 0 Å². The number of amides is 2. The molecule has 0 bridgehead atoms. The Morgan fingerprint density at radius 3 is 2.50 bits per heavy atom. The molecular formula is C18H20N4O5S. The molecule has 0 aliphatic rings. The van der Waals surface area contributed by atoms with Gasteiger partial charge in [-0.05, 0) is 19.1 Å². The number of fused-ring (bicyclic) bond motifs is 1. The minimum Gasteiger partial charge on any atom is -0.493 e. The summed E-state index contributed by atoms with van der Waals surface area (Å²) >= 11 is 1.36. The van der Waals surface area contributed by atoms with Crippen molar-refractivity contribution in [1.29, 1.82) is 0 Å². The molecule has 2 heterocycles. The average molecular weight is 404 g/mol. The first-order chi connectivity index (χ1) is 13.5. The Labute approximate surface area is 165 Å². The van der Waals surface area contributed by atoms with Gasteiger partial charge in [0, 0.05) is 16.5 Å². The van der Waals surface area contributed by atoms with Gasteiger partial charge in [0.05, 0.1) is 33.4 Å². The Morgan fingerprint density at radius 2 is 1.89 bits per heavy atom. The van der Waals surface area contributed by atoms with Crippen LogP contribution in [0.4, 0.5) is 5.13 Å². The van der Waals surface area contributed by atoms with E-state index in [1.54, 1.807) is 18.3 Å². The molecule has 0 saturated carbocycles. The van der Waals surface area contributed by atoms with Crippen molar-refractivity contribution in [2.45, 2.75) is 6.92 Å². The van der Waals surface area contributed by atoms with Gasteiger partial charge in [-0.2, -0.15) is 0 Å². The first-order valence-electron chi connectivity index (χ1n) is 8.29. The zero-order chi connectivity index (χ0) is 20.3. The minimum atomic E-state index is -0.429. The Hall–Kier alpha value is -3.27. The lowest BCUT2D eigenvalue weighted by Gasteiger charge is -2.12. The van der Waals surface area contributed by atoms with Gasteiger partial charge in [0.25, 0.3) is 5.91 Å². The number of aromatic nitrogens is 2. The third-order valence-electron chi connectivity index (χ3n) is 3.94. The number of aromatic amines is 1. The van der Waals surface area contributed by atoms with Crippen molar-refractivity contribution < 1.29 is 23.8 Å². The molecule has 9 nitrogen and oxygen atoms in total. The summed E-state index contributed by atoms with van der Waals surface area (Å²) in [5.74, 6) is 0.537. The second-order valence-corrected chi connectivity index (χ2v) is 7.03. The monoisotopic (exact) mass is 404 g/mol. The molecule has 2 aromatic heterocycles. The van der Waals surface area contributed by atoms with Crippen LogP contribution in [0.5, 0.6) is 17.2 Å². The standard InChI is InChI=1S/C18H20N4O5S/c1-9-7-20-18(28-9)22-13(23)8-19-17(24)11-5-10-6-12(25-2)15(26-3)16(27-4)14(10)21-11/h5-7,21H,8H2,1-4H3,(H,19,24)(H,20,22,23). The van der Waals surface area contributed by atoms with Crippen LogP contribution in [0.2, 0.25) is 0 Å². The number of carbonyl (C=O) groups excluding carboxylic acids is 2. The molecule has 0 unspecified atom stereocenters. The smallest absolute Gasteiger partial charge is 0.268 e. The summed E-state index contributed by atoms with van der Waals surface area (Å²) in [6.45, 7) is 1.71. The Kier molecular flexibility index (Phi) is 5.69. The fraction of sp³-hybridized carbons (Fsp3) is 0.278. The van der Waals surface area contributed by atoms with Crippen LogP contribution in [0.3, 0.4) is 0 Å². The van der Waals surface area contributed by atoms with E-state index in [1.165, 1.54) is 32.7 Å². The molecular weight excluding hydrogens is 384 g/mol. The molecule has 10 heteroatoms. The molecule has 2 amide bonds. The molecule has 0 radical (unpaired) electrons. The van der Waals surface area contributed by atoms with E-state index in [1.807, 2.05) is 6.92 Å². The number of rotatable bonds is 7. The van der Waals surface area contributed by atoms with Crippen LogP contribution in [0.15, 0.2) is 18.3 Å². The zero-order valence-electron chi connectivity index (χ0n) is 15.8. The molecule has 0 atom stereocenters. The minimum absolute atomic E-state index is 0.184. The molecule has 148 valence electrons. The van der Waals surface area contributed by atoms with Gasteiger partial charge >= 0.3 is 0 Å². The highest BCUT2D eigenvalue weighted by molar-refractivity contribution is 7.15. The number of hydrogen-bond acceptors (Lipinski definition) is 7. The summed E-state index contributed by atoms with van der Waals surface area (Å²) < 4.78 is 16.1. The molecule has 0 saturated heterocycles. The third-order valence-corrected chi connectivity index (χ3v) is 4.77. The van der Waals surface area contributed by atoms with Gasteiger partial charge in [-0.3, -0.25) is 9.59 Å². The number of carbonyl (C=O) groups is 2. The SMILES string of the molecule is COc1cc2cc(C(=O)NCC(=O)Nc3ncc(C)s3)[nH]c2c(OC)c1OC. The lowest BCUT2D eigenvalue weighted by molar-refractivity contribution is -0.115. The summed E-state index contributed by atoms with van der Waals surface area (Å²) in [4.78, 5) is 32.5. The second-order valence-electron chi connectivity index (χ2n) is 5.80. The number of nitrogens with zero attached hydrogens (tertiary/aromatic N) is 1. The van der Waals surface area contributed by atoms with Gasteiger partial charge in [-0.25, -0.2) is 4.98 Å². The molecule has 28 heavy (non-hydrogen) atoms. The largest absolute Gasteiger partial charge is 0.493 e. The molecule has 0 spiro atoms. The van der Waals surface area contributed by atoms with Crippen LogP contribution in [-0.2, 0) is 4.79 Å². The van der Waals surface area contributed by atoms with E-state index in [9.17, 15) is 9.59 Å². The summed E-state index contributed by atoms with van der Waals surface area (Å²) in [5, 5.41) is 6.41. The number of methoxy groups -OCH3 is 3. The van der Waals surface area contributed by atoms with Crippen molar-refractivity contribution in [2.24, 2.45) is 0 Å². The average Bonchev–Trinajstić information content (AvgIpc) is 3.30. The van der Waals surface area contributed by atoms with E-state index in [4.69, 9.17) is 14.2 Å². The lowest BCUT2D eigenvalue weighted by atomic mass is 10.2. The zero-order valence-corrected chi connectivity index (χ0v) is 16.7. The number of H-pyrrole nitrogens is 1. The maximum atomic E-state index is 12.4. The Balaban J connectivity index is 1.75. The van der Waals surface area contributed by atoms with E-state index in [0.29, 0.717) is 33.3 Å². The highest BCUT2D eigenvalue weighted by Gasteiger charge is 2.20. The number of ether oxygens (including phenoxy) is 3. The first kappa shape index (κ1) is 19.5. The van der Waals surface area contributed by atoms with Crippen molar-refractivity contribution in [2.75, 3.05) is 33.2 Å². The molecule has 0 aliphatic heterocycles. The summed E-state index contributed by atoms with van der Waals surface area (Å²) in [7, 11) is 4.53. The molecule has 3 aromatic rings. The summed E-state index contributed by atoms with van der Waals surface area (Å²) in [6.07, 6.45) is 1.67. The van der Waals surface area contributed by atoms with Crippen LogP contribution >= 0.6 is 11.3 Å². The van der Waals surface area contributed by atoms with Gasteiger partial charge in [-0.15, -0.1) is 11.3 Å². The van der Waals surface area contributed by atoms with Crippen LogP contribution in [-0.4, -0.2) is 49.7 Å². The van der Waals surface area contributed by atoms with E-state index in [-0.39, 0.29) is 18.1 Å². The quantitative estimate of drug-likeness (QED) is 0.557. The van der Waals surface area contributed by atoms with Crippen molar-refractivity contribution in [1.82, 2.24) is 15.3 Å². The highest BCUT2D eigenvalue weighted by atomic mass is 32.1. The number of nitrogens with one attached hydrogen (secondary N) is 3. The third kappa shape index (κ3) is 3.86. The maximum Gasteiger partial charge on any atom is 0.268 e. The van der Waals surface area contributed by atoms with Crippen molar-refractivity contribution in [3.63, 3.8) is 0 Å². The highest BCUT2D eigenvalue weighted by Crippen LogP contribution is 2.43. The van der Waals surface area contributed by atoms with Gasteiger partial charge in [0.2, 0.25) is 11.7 Å². The number of benzene rings is 1. The molecule has 3 rings (SSSR count). The van der Waals surface area contributed by atoms with Gasteiger partial charge in [0.15, 0.2) is 16.6 Å². The molecule has 0 fully saturated rings. The molecule has 3 N–H and O–H groups in total. The number of anilines is 1. The number of hydrogen-bond donors (Lipinski definition) is 3. The van der Waals surface area contributed by atoms with Crippen LogP contribution < -0.4 is 24.8 Å². The van der Waals surface area contributed by atoms with E-state index in [0.717, 1.165) is 4.88 Å². The first-order valence-corrected chi connectivity index (χ1v) is 9.10. The van der Waals surface area contributed by atoms with Crippen LogP contribution in [0, 0.1) is 6.92 Å². The van der Waals surface area contributed by atoms with Crippen molar-refractivity contribution >= 4 is 39.2 Å². The maximum absolute atomic E-state index is 12.4.